The van der Waals surface area contributed by atoms with Crippen LogP contribution in [0.4, 0.5) is 0 Å². The quantitative estimate of drug-likeness (QED) is 0.531. The lowest BCUT2D eigenvalue weighted by molar-refractivity contribution is -0.138. The van der Waals surface area contributed by atoms with Gasteiger partial charge in [-0.1, -0.05) is 30.3 Å². The Hall–Kier alpha value is -2.00. The lowest BCUT2D eigenvalue weighted by Crippen LogP contribution is -2.57. The number of carbonyl (C=O) groups excluding carboxylic acids is 2. The van der Waals surface area contributed by atoms with Gasteiger partial charge in [-0.05, 0) is 50.5 Å². The molecule has 4 rings (SSSR count). The maximum atomic E-state index is 12.7. The van der Waals surface area contributed by atoms with Crippen molar-refractivity contribution in [1.29, 1.82) is 0 Å². The van der Waals surface area contributed by atoms with Crippen molar-refractivity contribution in [2.24, 2.45) is 5.92 Å². The molecule has 0 N–H and O–H groups in total. The molecule has 3 saturated heterocycles. The summed E-state index contributed by atoms with van der Waals surface area (Å²) in [5.41, 5.74) is 1.47. The monoisotopic (exact) mass is 502 g/mol. The van der Waals surface area contributed by atoms with E-state index in [9.17, 15) is 9.59 Å². The van der Waals surface area contributed by atoms with Gasteiger partial charge in [0.1, 0.15) is 0 Å². The molecule has 0 aromatic heterocycles. The zero-order valence-corrected chi connectivity index (χ0v) is 22.6. The second-order valence-electron chi connectivity index (χ2n) is 10.0. The molecule has 1 amide bonds. The molecule has 3 fully saturated rings. The number of hydrogen-bond acceptors (Lipinski definition) is 7. The Kier molecular flexibility index (Phi) is 12.1. The molecule has 3 heterocycles. The van der Waals surface area contributed by atoms with Gasteiger partial charge in [0, 0.05) is 65.9 Å². The Bertz CT molecular complexity index is 769. The molecule has 0 atom stereocenters. The van der Waals surface area contributed by atoms with Crippen molar-refractivity contribution in [3.05, 3.63) is 35.9 Å². The van der Waals surface area contributed by atoms with Crippen LogP contribution < -0.4 is 0 Å². The summed E-state index contributed by atoms with van der Waals surface area (Å²) in [7, 11) is 1.35. The summed E-state index contributed by atoms with van der Waals surface area (Å²) in [4.78, 5) is 26.7. The van der Waals surface area contributed by atoms with Gasteiger partial charge in [0.25, 0.3) is 0 Å². The van der Waals surface area contributed by atoms with Gasteiger partial charge in [0.15, 0.2) is 0 Å². The molecule has 0 saturated carbocycles. The summed E-state index contributed by atoms with van der Waals surface area (Å²) >= 11 is 0. The van der Waals surface area contributed by atoms with Crippen LogP contribution >= 0.6 is 0 Å². The maximum Gasteiger partial charge on any atom is 0.302 e. The van der Waals surface area contributed by atoms with Gasteiger partial charge in [-0.15, -0.1) is 0 Å². The van der Waals surface area contributed by atoms with Crippen LogP contribution in [-0.4, -0.2) is 110 Å². The van der Waals surface area contributed by atoms with E-state index in [1.165, 1.54) is 51.9 Å². The summed E-state index contributed by atoms with van der Waals surface area (Å²) in [6.07, 6.45) is 6.08. The lowest BCUT2D eigenvalue weighted by Gasteiger charge is -2.44. The van der Waals surface area contributed by atoms with E-state index >= 15 is 0 Å². The third-order valence-corrected chi connectivity index (χ3v) is 7.55. The average molecular weight is 503 g/mol. The number of hydrogen-bond donors (Lipinski definition) is 0. The number of ether oxygens (including phenoxy) is 2. The van der Waals surface area contributed by atoms with Gasteiger partial charge in [0.05, 0.1) is 19.8 Å². The summed E-state index contributed by atoms with van der Waals surface area (Å²) in [6.45, 7) is 12.9. The minimum atomic E-state index is -0.245. The average Bonchev–Trinajstić information content (AvgIpc) is 2.91. The molecule has 3 aliphatic heterocycles. The van der Waals surface area contributed by atoms with Crippen molar-refractivity contribution in [3.8, 4) is 0 Å². The Morgan fingerprint density at radius 3 is 2.00 bits per heavy atom. The van der Waals surface area contributed by atoms with E-state index in [0.717, 1.165) is 64.6 Å². The zero-order chi connectivity index (χ0) is 25.8. The first kappa shape index (κ1) is 28.6. The van der Waals surface area contributed by atoms with Crippen LogP contribution in [0, 0.1) is 5.92 Å². The summed E-state index contributed by atoms with van der Waals surface area (Å²) in [5.74, 6) is 0.861. The van der Waals surface area contributed by atoms with Crippen molar-refractivity contribution < 1.29 is 19.1 Å². The highest BCUT2D eigenvalue weighted by molar-refractivity contribution is 5.78. The van der Waals surface area contributed by atoms with Crippen LogP contribution in [0.25, 0.3) is 0 Å². The van der Waals surface area contributed by atoms with E-state index in [4.69, 9.17) is 4.74 Å². The van der Waals surface area contributed by atoms with Gasteiger partial charge in [0.2, 0.25) is 5.91 Å². The van der Waals surface area contributed by atoms with Crippen LogP contribution in [0.1, 0.15) is 45.1 Å². The molecule has 202 valence electrons. The van der Waals surface area contributed by atoms with E-state index in [0.29, 0.717) is 18.6 Å². The Balaban J connectivity index is 0.000000658. The third kappa shape index (κ3) is 9.47. The maximum absolute atomic E-state index is 12.7. The number of rotatable bonds is 7. The largest absolute Gasteiger partial charge is 0.469 e. The molecular weight excluding hydrogens is 456 g/mol. The number of hydrazine groups is 1. The van der Waals surface area contributed by atoms with Crippen LogP contribution in [0.5, 0.6) is 0 Å². The predicted octanol–water partition coefficient (Wildman–Crippen LogP) is 2.68. The standard InChI is InChI=1S/C25H40N4O2.C3H6O2/c1-2-31-24-10-12-27(13-11-24)25(30)21-26-16-18-29(19-17-26)28-14-8-23(9-15-28)20-22-6-4-3-5-7-22;1-3(4)5-2/h3-7,23-24H,2,8-21H2,1H3;1-2H3. The Morgan fingerprint density at radius 2 is 1.44 bits per heavy atom. The first-order chi connectivity index (χ1) is 17.5. The van der Waals surface area contributed by atoms with Crippen LogP contribution in [-0.2, 0) is 25.5 Å². The molecule has 36 heavy (non-hydrogen) atoms. The van der Waals surface area contributed by atoms with Gasteiger partial charge >= 0.3 is 5.97 Å². The van der Waals surface area contributed by atoms with Crippen molar-refractivity contribution >= 4 is 11.9 Å². The Labute approximate surface area is 217 Å². The fourth-order valence-electron chi connectivity index (χ4n) is 5.33. The number of nitrogens with zero attached hydrogens (tertiary/aromatic N) is 4. The number of methoxy groups -OCH3 is 1. The van der Waals surface area contributed by atoms with Crippen molar-refractivity contribution in [3.63, 3.8) is 0 Å². The Morgan fingerprint density at radius 1 is 0.861 bits per heavy atom. The first-order valence-electron chi connectivity index (χ1n) is 13.7. The first-order valence-corrected chi connectivity index (χ1v) is 13.7. The van der Waals surface area contributed by atoms with Crippen molar-refractivity contribution in [2.45, 2.75) is 52.1 Å². The van der Waals surface area contributed by atoms with Crippen molar-refractivity contribution in [2.75, 3.05) is 72.6 Å². The van der Waals surface area contributed by atoms with E-state index in [-0.39, 0.29) is 5.97 Å². The highest BCUT2D eigenvalue weighted by atomic mass is 16.5. The minimum Gasteiger partial charge on any atom is -0.469 e. The molecule has 8 nitrogen and oxygen atoms in total. The van der Waals surface area contributed by atoms with Gasteiger partial charge in [-0.25, -0.2) is 10.0 Å². The number of carbonyl (C=O) groups is 2. The fourth-order valence-corrected chi connectivity index (χ4v) is 5.33. The molecular formula is C28H46N4O4. The fraction of sp³-hybridized carbons (Fsp3) is 0.714. The highest BCUT2D eigenvalue weighted by Crippen LogP contribution is 2.23. The second kappa shape index (κ2) is 15.3. The van der Waals surface area contributed by atoms with Gasteiger partial charge < -0.3 is 14.4 Å². The van der Waals surface area contributed by atoms with E-state index in [2.05, 4.69) is 50.0 Å². The summed E-state index contributed by atoms with van der Waals surface area (Å²) < 4.78 is 9.82. The normalized spacial score (nSPS) is 21.0. The van der Waals surface area contributed by atoms with Crippen molar-refractivity contribution in [1.82, 2.24) is 19.8 Å². The van der Waals surface area contributed by atoms with E-state index < -0.39 is 0 Å². The molecule has 3 aliphatic rings. The number of piperidine rings is 2. The molecule has 0 bridgehead atoms. The number of piperazine rings is 1. The molecule has 8 heteroatoms. The molecule has 0 unspecified atom stereocenters. The highest BCUT2D eigenvalue weighted by Gasteiger charge is 2.29. The smallest absolute Gasteiger partial charge is 0.302 e. The van der Waals surface area contributed by atoms with Crippen LogP contribution in [0.2, 0.25) is 0 Å². The predicted molar refractivity (Wildman–Crippen MR) is 141 cm³/mol. The molecule has 0 radical (unpaired) electrons. The number of benzene rings is 1. The molecule has 0 aliphatic carbocycles. The SMILES string of the molecule is CCOC1CCN(C(=O)CN2CCN(N3CCC(Cc4ccccc4)CC3)CC2)CC1.COC(C)=O. The topological polar surface area (TPSA) is 65.6 Å². The second-order valence-corrected chi connectivity index (χ2v) is 10.0. The molecule has 1 aromatic rings. The number of likely N-dealkylation sites (tertiary alicyclic amines) is 1. The number of esters is 1. The summed E-state index contributed by atoms with van der Waals surface area (Å²) in [5, 5.41) is 5.10. The van der Waals surface area contributed by atoms with E-state index in [1.54, 1.807) is 0 Å². The van der Waals surface area contributed by atoms with Gasteiger partial charge in [-0.3, -0.25) is 14.5 Å². The van der Waals surface area contributed by atoms with Crippen LogP contribution in [0.3, 0.4) is 0 Å². The third-order valence-electron chi connectivity index (χ3n) is 7.55. The van der Waals surface area contributed by atoms with Gasteiger partial charge in [-0.2, -0.15) is 0 Å². The van der Waals surface area contributed by atoms with E-state index in [1.807, 2.05) is 11.8 Å². The molecule has 0 spiro atoms. The summed E-state index contributed by atoms with van der Waals surface area (Å²) in [6, 6.07) is 10.9. The molecule has 1 aromatic carbocycles. The number of amides is 1. The minimum absolute atomic E-state index is 0.245. The van der Waals surface area contributed by atoms with Crippen LogP contribution in [0.15, 0.2) is 30.3 Å². The lowest BCUT2D eigenvalue weighted by atomic mass is 9.91. The zero-order valence-electron chi connectivity index (χ0n) is 22.6.